The van der Waals surface area contributed by atoms with Gasteiger partial charge in [-0.25, -0.2) is 8.42 Å². The van der Waals surface area contributed by atoms with Crippen molar-refractivity contribution in [2.45, 2.75) is 34.4 Å². The molecule has 2 amide bonds. The van der Waals surface area contributed by atoms with Crippen molar-refractivity contribution in [1.29, 1.82) is 0 Å². The Morgan fingerprint density at radius 2 is 1.82 bits per heavy atom. The molecule has 1 N–H and O–H groups in total. The third kappa shape index (κ3) is 4.39. The fourth-order valence-electron chi connectivity index (χ4n) is 2.96. The summed E-state index contributed by atoms with van der Waals surface area (Å²) in [5, 5.41) is 2.37. The zero-order valence-electron chi connectivity index (χ0n) is 15.9. The van der Waals surface area contributed by atoms with Crippen molar-refractivity contribution in [3.8, 4) is 0 Å². The third-order valence-electron chi connectivity index (χ3n) is 4.83. The topological polar surface area (TPSA) is 83.6 Å². The second-order valence-electron chi connectivity index (χ2n) is 6.82. The zero-order valence-corrected chi connectivity index (χ0v) is 17.5. The van der Waals surface area contributed by atoms with E-state index in [1.807, 2.05) is 31.2 Å². The van der Waals surface area contributed by atoms with Crippen LogP contribution < -0.4 is 5.32 Å². The summed E-state index contributed by atoms with van der Waals surface area (Å²) in [5.41, 5.74) is 1.60. The second-order valence-corrected chi connectivity index (χ2v) is 10.1. The summed E-state index contributed by atoms with van der Waals surface area (Å²) in [5.74, 6) is -0.317. The quantitative estimate of drug-likeness (QED) is 0.807. The molecule has 3 rings (SSSR count). The van der Waals surface area contributed by atoms with E-state index in [-0.39, 0.29) is 29.2 Å². The average molecular weight is 419 g/mol. The van der Waals surface area contributed by atoms with Gasteiger partial charge in [-0.3, -0.25) is 9.59 Å². The molecule has 148 valence electrons. The van der Waals surface area contributed by atoms with Crippen LogP contribution in [-0.2, 0) is 19.4 Å². The molecule has 2 atom stereocenters. The number of nitrogens with zero attached hydrogens (tertiary/aromatic N) is 1. The van der Waals surface area contributed by atoms with E-state index in [9.17, 15) is 18.0 Å². The molecule has 0 bridgehead atoms. The number of para-hydroxylation sites is 1. The summed E-state index contributed by atoms with van der Waals surface area (Å²) in [4.78, 5) is 27.9. The van der Waals surface area contributed by atoms with Crippen molar-refractivity contribution >= 4 is 39.1 Å². The van der Waals surface area contributed by atoms with E-state index in [4.69, 9.17) is 0 Å². The van der Waals surface area contributed by atoms with Gasteiger partial charge in [-0.15, -0.1) is 11.8 Å². The van der Waals surface area contributed by atoms with Gasteiger partial charge in [-0.1, -0.05) is 24.3 Å². The molecule has 2 aromatic carbocycles. The molecule has 1 heterocycles. The maximum absolute atomic E-state index is 12.7. The molecule has 0 fully saturated rings. The molecule has 0 aliphatic carbocycles. The van der Waals surface area contributed by atoms with Crippen LogP contribution in [0.4, 0.5) is 5.69 Å². The molecule has 0 aromatic heterocycles. The maximum Gasteiger partial charge on any atom is 0.238 e. The van der Waals surface area contributed by atoms with Crippen molar-refractivity contribution in [2.75, 3.05) is 18.6 Å². The van der Waals surface area contributed by atoms with Gasteiger partial charge in [0.1, 0.15) is 0 Å². The average Bonchev–Trinajstić information content (AvgIpc) is 2.66. The van der Waals surface area contributed by atoms with E-state index in [0.29, 0.717) is 0 Å². The number of hydrogen-bond acceptors (Lipinski definition) is 5. The number of hydrogen-bond donors (Lipinski definition) is 1. The molecule has 0 radical (unpaired) electrons. The Morgan fingerprint density at radius 3 is 2.46 bits per heavy atom. The normalized spacial score (nSPS) is 17.4. The highest BCUT2D eigenvalue weighted by Gasteiger charge is 2.30. The highest BCUT2D eigenvalue weighted by molar-refractivity contribution is 8.01. The standard InChI is InChI=1S/C20H22N2O4S2/c1-13(14-8-10-15(11-9-14)28(3,25)26)22(2)19(23)12-18-20(24)21-16-6-4-5-7-17(16)27-18/h4-11,13,18H,12H2,1-3H3,(H,21,24). The molecular weight excluding hydrogens is 396 g/mol. The van der Waals surface area contributed by atoms with Crippen molar-refractivity contribution in [3.63, 3.8) is 0 Å². The first-order valence-corrected chi connectivity index (χ1v) is 11.6. The molecule has 0 saturated carbocycles. The van der Waals surface area contributed by atoms with Gasteiger partial charge >= 0.3 is 0 Å². The lowest BCUT2D eigenvalue weighted by Crippen LogP contribution is -2.36. The molecule has 6 nitrogen and oxygen atoms in total. The predicted octanol–water partition coefficient (Wildman–Crippen LogP) is 3.11. The number of rotatable bonds is 5. The first-order valence-electron chi connectivity index (χ1n) is 8.79. The van der Waals surface area contributed by atoms with Crippen LogP contribution in [-0.4, -0.2) is 43.7 Å². The number of nitrogens with one attached hydrogen (secondary N) is 1. The SMILES string of the molecule is CC(c1ccc(S(C)(=O)=O)cc1)N(C)C(=O)CC1Sc2ccccc2NC1=O. The summed E-state index contributed by atoms with van der Waals surface area (Å²) in [6, 6.07) is 13.8. The first-order chi connectivity index (χ1) is 13.2. The van der Waals surface area contributed by atoms with Gasteiger partial charge in [0, 0.05) is 24.6 Å². The van der Waals surface area contributed by atoms with Gasteiger partial charge in [0.05, 0.1) is 21.9 Å². The molecule has 1 aliphatic rings. The molecule has 2 unspecified atom stereocenters. The van der Waals surface area contributed by atoms with Gasteiger partial charge in [-0.2, -0.15) is 0 Å². The number of carbonyl (C=O) groups is 2. The lowest BCUT2D eigenvalue weighted by Gasteiger charge is -2.29. The van der Waals surface area contributed by atoms with Crippen molar-refractivity contribution in [3.05, 3.63) is 54.1 Å². The van der Waals surface area contributed by atoms with Gasteiger partial charge in [0.25, 0.3) is 0 Å². The van der Waals surface area contributed by atoms with Crippen LogP contribution in [0.2, 0.25) is 0 Å². The van der Waals surface area contributed by atoms with E-state index >= 15 is 0 Å². The van der Waals surface area contributed by atoms with Crippen molar-refractivity contribution in [1.82, 2.24) is 4.90 Å². The summed E-state index contributed by atoms with van der Waals surface area (Å²) in [6.07, 6.45) is 1.25. The summed E-state index contributed by atoms with van der Waals surface area (Å²) >= 11 is 1.40. The largest absolute Gasteiger partial charge is 0.339 e. The summed E-state index contributed by atoms with van der Waals surface area (Å²) < 4.78 is 23.2. The number of benzene rings is 2. The van der Waals surface area contributed by atoms with Crippen LogP contribution in [0.1, 0.15) is 24.9 Å². The Balaban J connectivity index is 1.68. The Kier molecular flexibility index (Phi) is 5.81. The molecular formula is C20H22N2O4S2. The van der Waals surface area contributed by atoms with E-state index < -0.39 is 15.1 Å². The summed E-state index contributed by atoms with van der Waals surface area (Å²) in [7, 11) is -1.57. The highest BCUT2D eigenvalue weighted by Crippen LogP contribution is 2.37. The van der Waals surface area contributed by atoms with Crippen molar-refractivity contribution < 1.29 is 18.0 Å². The van der Waals surface area contributed by atoms with Crippen LogP contribution in [0.5, 0.6) is 0 Å². The fraction of sp³-hybridized carbons (Fsp3) is 0.300. The smallest absolute Gasteiger partial charge is 0.238 e. The zero-order chi connectivity index (χ0) is 20.5. The molecule has 1 aliphatic heterocycles. The van der Waals surface area contributed by atoms with Crippen LogP contribution in [0, 0.1) is 0 Å². The number of sulfone groups is 1. The van der Waals surface area contributed by atoms with E-state index in [0.717, 1.165) is 22.4 Å². The minimum atomic E-state index is -3.26. The number of carbonyl (C=O) groups excluding carboxylic acids is 2. The summed E-state index contributed by atoms with van der Waals surface area (Å²) in [6.45, 7) is 1.87. The molecule has 0 saturated heterocycles. The molecule has 2 aromatic rings. The third-order valence-corrected chi connectivity index (χ3v) is 7.24. The molecule has 0 spiro atoms. The van der Waals surface area contributed by atoms with Crippen LogP contribution in [0.15, 0.2) is 58.3 Å². The Hall–Kier alpha value is -2.32. The Morgan fingerprint density at radius 1 is 1.18 bits per heavy atom. The Bertz CT molecular complexity index is 1000. The van der Waals surface area contributed by atoms with Gasteiger partial charge < -0.3 is 10.2 Å². The number of thioether (sulfide) groups is 1. The minimum absolute atomic E-state index is 0.0904. The highest BCUT2D eigenvalue weighted by atomic mass is 32.2. The van der Waals surface area contributed by atoms with Gasteiger partial charge in [-0.05, 0) is 36.8 Å². The van der Waals surface area contributed by atoms with Crippen molar-refractivity contribution in [2.24, 2.45) is 0 Å². The van der Waals surface area contributed by atoms with Crippen LogP contribution in [0.25, 0.3) is 0 Å². The fourth-order valence-corrected chi connectivity index (χ4v) is 4.69. The predicted molar refractivity (Wildman–Crippen MR) is 110 cm³/mol. The van der Waals surface area contributed by atoms with E-state index in [2.05, 4.69) is 5.32 Å². The van der Waals surface area contributed by atoms with Crippen LogP contribution >= 0.6 is 11.8 Å². The van der Waals surface area contributed by atoms with Crippen LogP contribution in [0.3, 0.4) is 0 Å². The molecule has 8 heteroatoms. The number of anilines is 1. The van der Waals surface area contributed by atoms with Gasteiger partial charge in [0.15, 0.2) is 9.84 Å². The van der Waals surface area contributed by atoms with E-state index in [1.165, 1.54) is 11.8 Å². The number of fused-ring (bicyclic) bond motifs is 1. The monoisotopic (exact) mass is 418 g/mol. The second kappa shape index (κ2) is 7.97. The molecule has 28 heavy (non-hydrogen) atoms. The lowest BCUT2D eigenvalue weighted by atomic mass is 10.1. The lowest BCUT2D eigenvalue weighted by molar-refractivity contribution is -0.133. The Labute approximate surface area is 169 Å². The number of amides is 2. The maximum atomic E-state index is 12.7. The minimum Gasteiger partial charge on any atom is -0.339 e. The van der Waals surface area contributed by atoms with E-state index in [1.54, 1.807) is 36.2 Å². The first kappa shape index (κ1) is 20.4. The van der Waals surface area contributed by atoms with Gasteiger partial charge in [0.2, 0.25) is 11.8 Å².